The number of rotatable bonds is 9. The summed E-state index contributed by atoms with van der Waals surface area (Å²) in [6.45, 7) is 4.79. The number of unbranched alkanes of at least 4 members (excludes halogenated alkanes) is 1. The van der Waals surface area contributed by atoms with Crippen molar-refractivity contribution in [3.63, 3.8) is 0 Å². The van der Waals surface area contributed by atoms with E-state index in [0.29, 0.717) is 30.0 Å². The van der Waals surface area contributed by atoms with Crippen LogP contribution in [0.25, 0.3) is 0 Å². The highest BCUT2D eigenvalue weighted by Crippen LogP contribution is 2.37. The van der Waals surface area contributed by atoms with Gasteiger partial charge in [-0.15, -0.1) is 11.3 Å². The third-order valence-corrected chi connectivity index (χ3v) is 9.15. The average molecular weight is 580 g/mol. The number of sulfonamides is 1. The molecule has 1 aliphatic heterocycles. The molecule has 1 aromatic carbocycles. The first kappa shape index (κ1) is 30.1. The zero-order valence-corrected chi connectivity index (χ0v) is 24.0. The maximum absolute atomic E-state index is 13.1. The summed E-state index contributed by atoms with van der Waals surface area (Å²) >= 11 is 1.13. The van der Waals surface area contributed by atoms with Crippen LogP contribution in [-0.2, 0) is 27.7 Å². The van der Waals surface area contributed by atoms with Gasteiger partial charge < -0.3 is 20.3 Å². The summed E-state index contributed by atoms with van der Waals surface area (Å²) in [7, 11) is -0.808. The molecule has 0 atom stereocenters. The van der Waals surface area contributed by atoms with Crippen LogP contribution < -0.4 is 16.0 Å². The number of hydrogen-bond acceptors (Lipinski definition) is 8. The number of fused-ring (bicyclic) bond motifs is 1. The molecule has 0 radical (unpaired) electrons. The molecule has 0 fully saturated rings. The Bertz CT molecular complexity index is 1340. The Kier molecular flexibility index (Phi) is 10.1. The van der Waals surface area contributed by atoms with Crippen molar-refractivity contribution in [3.05, 3.63) is 45.8 Å². The van der Waals surface area contributed by atoms with Crippen molar-refractivity contribution in [1.82, 2.24) is 19.8 Å². The summed E-state index contributed by atoms with van der Waals surface area (Å²) in [6, 6.07) is 4.82. The number of carbonyl (C=O) groups is 4. The van der Waals surface area contributed by atoms with Gasteiger partial charge in [0.15, 0.2) is 0 Å². The van der Waals surface area contributed by atoms with Gasteiger partial charge in [0.05, 0.1) is 23.6 Å². The maximum Gasteiger partial charge on any atom is 0.410 e. The first-order valence-corrected chi connectivity index (χ1v) is 14.8. The predicted octanol–water partition coefficient (Wildman–Crippen LogP) is 3.00. The summed E-state index contributed by atoms with van der Waals surface area (Å²) < 4.78 is 31.9. The lowest BCUT2D eigenvalue weighted by molar-refractivity contribution is 0.0963. The summed E-state index contributed by atoms with van der Waals surface area (Å²) in [5.74, 6) is -1.25. The van der Waals surface area contributed by atoms with Gasteiger partial charge in [-0.05, 0) is 49.6 Å². The third-order valence-electron chi connectivity index (χ3n) is 6.14. The van der Waals surface area contributed by atoms with Gasteiger partial charge in [-0.3, -0.25) is 14.9 Å². The number of amides is 5. The Balaban J connectivity index is 1.87. The third kappa shape index (κ3) is 6.94. The monoisotopic (exact) mass is 579 g/mol. The lowest BCUT2D eigenvalue weighted by atomic mass is 10.0. The van der Waals surface area contributed by atoms with Crippen molar-refractivity contribution in [1.29, 1.82) is 0 Å². The number of ether oxygens (including phenoxy) is 1. The number of nitrogens with one attached hydrogen (secondary N) is 3. The number of imide groups is 1. The number of carbonyl (C=O) groups excluding carboxylic acids is 4. The molecule has 5 amide bonds. The normalized spacial score (nSPS) is 13.0. The molecule has 39 heavy (non-hydrogen) atoms. The molecule has 0 bridgehead atoms. The fourth-order valence-electron chi connectivity index (χ4n) is 3.96. The minimum atomic E-state index is -3.69. The van der Waals surface area contributed by atoms with Crippen molar-refractivity contribution >= 4 is 50.3 Å². The van der Waals surface area contributed by atoms with Crippen LogP contribution in [0.1, 0.15) is 57.8 Å². The minimum absolute atomic E-state index is 0.0638. The van der Waals surface area contributed by atoms with Crippen LogP contribution in [0.3, 0.4) is 0 Å². The number of nitrogens with zero attached hydrogens (tertiary/aromatic N) is 2. The molecule has 212 valence electrons. The van der Waals surface area contributed by atoms with Crippen molar-refractivity contribution in [2.45, 2.75) is 44.6 Å². The molecule has 2 heterocycles. The highest BCUT2D eigenvalue weighted by Gasteiger charge is 2.31. The molecule has 2 aromatic rings. The van der Waals surface area contributed by atoms with E-state index < -0.39 is 34.0 Å². The van der Waals surface area contributed by atoms with Crippen LogP contribution >= 0.6 is 11.3 Å². The Morgan fingerprint density at radius 2 is 1.79 bits per heavy atom. The highest BCUT2D eigenvalue weighted by molar-refractivity contribution is 7.89. The van der Waals surface area contributed by atoms with E-state index in [0.717, 1.165) is 24.2 Å². The Hall–Kier alpha value is -3.49. The molecular weight excluding hydrogens is 546 g/mol. The van der Waals surface area contributed by atoms with Gasteiger partial charge in [-0.25, -0.2) is 22.3 Å². The standard InChI is InChI=1S/C25H33N5O7S2/c1-5-7-13-29(4)39(35,36)17-10-8-16(9-11-17)21(31)27-23-20(22(32)28-24(33)26-3)18-12-14-30(15-19(18)38-23)25(34)37-6-2/h8-11H,5-7,12-15H2,1-4H3,(H,27,31)(H2,26,28,32,33). The molecular formula is C25H33N5O7S2. The van der Waals surface area contributed by atoms with Crippen molar-refractivity contribution in [2.24, 2.45) is 0 Å². The van der Waals surface area contributed by atoms with Gasteiger partial charge in [-0.2, -0.15) is 0 Å². The number of anilines is 1. The smallest absolute Gasteiger partial charge is 0.410 e. The minimum Gasteiger partial charge on any atom is -0.450 e. The number of thiophene rings is 1. The maximum atomic E-state index is 13.1. The van der Waals surface area contributed by atoms with Crippen LogP contribution in [0, 0.1) is 0 Å². The van der Waals surface area contributed by atoms with Gasteiger partial charge in [0.1, 0.15) is 5.00 Å². The average Bonchev–Trinajstić information content (AvgIpc) is 3.28. The summed E-state index contributed by atoms with van der Waals surface area (Å²) in [5, 5.41) is 7.49. The van der Waals surface area contributed by atoms with Crippen molar-refractivity contribution < 1.29 is 32.3 Å². The molecule has 0 aliphatic carbocycles. The molecule has 3 rings (SSSR count). The summed E-state index contributed by atoms with van der Waals surface area (Å²) in [5.41, 5.74) is 0.961. The number of urea groups is 1. The van der Waals surface area contributed by atoms with Gasteiger partial charge in [0.2, 0.25) is 10.0 Å². The topological polar surface area (TPSA) is 154 Å². The number of benzene rings is 1. The molecule has 0 unspecified atom stereocenters. The van der Waals surface area contributed by atoms with E-state index >= 15 is 0 Å². The van der Waals surface area contributed by atoms with E-state index in [4.69, 9.17) is 4.74 Å². The van der Waals surface area contributed by atoms with E-state index in [2.05, 4.69) is 16.0 Å². The van der Waals surface area contributed by atoms with Gasteiger partial charge in [0, 0.05) is 37.6 Å². The second kappa shape index (κ2) is 13.0. The Labute approximate surface area is 231 Å². The first-order valence-electron chi connectivity index (χ1n) is 12.5. The zero-order chi connectivity index (χ0) is 28.7. The molecule has 1 aromatic heterocycles. The van der Waals surface area contributed by atoms with E-state index in [-0.39, 0.29) is 34.2 Å². The fraction of sp³-hybridized carbons (Fsp3) is 0.440. The van der Waals surface area contributed by atoms with Crippen LogP contribution in [0.2, 0.25) is 0 Å². The van der Waals surface area contributed by atoms with Crippen LogP contribution in [0.5, 0.6) is 0 Å². The summed E-state index contributed by atoms with van der Waals surface area (Å²) in [4.78, 5) is 52.4. The van der Waals surface area contributed by atoms with Crippen molar-refractivity contribution in [2.75, 3.05) is 39.1 Å². The second-order valence-electron chi connectivity index (χ2n) is 8.77. The summed E-state index contributed by atoms with van der Waals surface area (Å²) in [6.07, 6.45) is 1.44. The van der Waals surface area contributed by atoms with Crippen LogP contribution in [0.15, 0.2) is 29.2 Å². The zero-order valence-electron chi connectivity index (χ0n) is 22.3. The van der Waals surface area contributed by atoms with Crippen molar-refractivity contribution in [3.8, 4) is 0 Å². The fourth-order valence-corrected chi connectivity index (χ4v) is 6.43. The van der Waals surface area contributed by atoms with Gasteiger partial charge in [0.25, 0.3) is 11.8 Å². The largest absolute Gasteiger partial charge is 0.450 e. The van der Waals surface area contributed by atoms with E-state index in [1.807, 2.05) is 6.92 Å². The molecule has 3 N–H and O–H groups in total. The molecule has 0 spiro atoms. The van der Waals surface area contributed by atoms with Gasteiger partial charge in [-0.1, -0.05) is 13.3 Å². The SMILES string of the molecule is CCCCN(C)S(=O)(=O)c1ccc(C(=O)Nc2sc3c(c2C(=O)NC(=O)NC)CCN(C(=O)OCC)C3)cc1. The molecule has 12 nitrogen and oxygen atoms in total. The van der Waals surface area contributed by atoms with E-state index in [1.54, 1.807) is 6.92 Å². The second-order valence-corrected chi connectivity index (χ2v) is 11.9. The van der Waals surface area contributed by atoms with Gasteiger partial charge >= 0.3 is 12.1 Å². The molecule has 1 aliphatic rings. The van der Waals surface area contributed by atoms with E-state index in [9.17, 15) is 27.6 Å². The number of hydrogen-bond donors (Lipinski definition) is 3. The van der Waals surface area contributed by atoms with E-state index in [1.165, 1.54) is 47.6 Å². The Morgan fingerprint density at radius 3 is 2.41 bits per heavy atom. The predicted molar refractivity (Wildman–Crippen MR) is 146 cm³/mol. The van der Waals surface area contributed by atoms with Crippen LogP contribution in [0.4, 0.5) is 14.6 Å². The molecule has 14 heteroatoms. The molecule has 0 saturated heterocycles. The lowest BCUT2D eigenvalue weighted by Crippen LogP contribution is -2.39. The first-order chi connectivity index (χ1) is 18.5. The Morgan fingerprint density at radius 1 is 1.10 bits per heavy atom. The van der Waals surface area contributed by atoms with Crippen LogP contribution in [-0.4, -0.2) is 75.4 Å². The quantitative estimate of drug-likeness (QED) is 0.413. The lowest BCUT2D eigenvalue weighted by Gasteiger charge is -2.26. The highest BCUT2D eigenvalue weighted by atomic mass is 32.2. The molecule has 0 saturated carbocycles.